The fraction of sp³-hybridized carbons (Fsp3) is 0.167. The Kier molecular flexibility index (Phi) is 5.38. The summed E-state index contributed by atoms with van der Waals surface area (Å²) in [5.41, 5.74) is 9.26. The summed E-state index contributed by atoms with van der Waals surface area (Å²) in [6, 6.07) is 14.7. The number of halogens is 1. The van der Waals surface area contributed by atoms with Crippen molar-refractivity contribution in [1.29, 1.82) is 0 Å². The monoisotopic (exact) mass is 509 g/mol. The van der Waals surface area contributed by atoms with Crippen molar-refractivity contribution in [1.82, 2.24) is 19.9 Å². The highest BCUT2D eigenvalue weighted by Crippen LogP contribution is 2.21. The van der Waals surface area contributed by atoms with Gasteiger partial charge in [0.2, 0.25) is 0 Å². The zero-order valence-electron chi connectivity index (χ0n) is 17.3. The molecule has 0 radical (unpaired) electrons. The fourth-order valence-corrected chi connectivity index (χ4v) is 3.72. The first-order valence-electron chi connectivity index (χ1n) is 9.77. The van der Waals surface area contributed by atoms with Crippen LogP contribution in [0.5, 0.6) is 0 Å². The van der Waals surface area contributed by atoms with E-state index in [9.17, 15) is 0 Å². The average Bonchev–Trinajstić information content (AvgIpc) is 3.39. The van der Waals surface area contributed by atoms with Crippen LogP contribution in [0, 0.1) is 0 Å². The highest BCUT2D eigenvalue weighted by atomic mass is 127. The molecule has 152 valence electrons. The Labute approximate surface area is 192 Å². The van der Waals surface area contributed by atoms with Gasteiger partial charge in [0.15, 0.2) is 0 Å². The number of hydrogen-bond donors (Lipinski definition) is 2. The molecular formula is C24H24IN5. The standard InChI is InChI=1S/C24H24N5.HI/c1-29(2,3)15-16-10-23-13-21-7-6-19(26-21)11-17-4-5-18(25-17)12-20-8-9-22(27-20)14-24(16)28-23;/h4-14,26,28H,15H2,1-3H3;1H/q+1;/p-1. The van der Waals surface area contributed by atoms with E-state index < -0.39 is 0 Å². The normalized spacial score (nSPS) is 12.8. The van der Waals surface area contributed by atoms with Gasteiger partial charge in [0.1, 0.15) is 6.54 Å². The second-order valence-electron chi connectivity index (χ2n) is 8.65. The van der Waals surface area contributed by atoms with E-state index in [-0.39, 0.29) is 24.0 Å². The topological polar surface area (TPSA) is 57.4 Å². The van der Waals surface area contributed by atoms with E-state index in [1.54, 1.807) is 0 Å². The maximum Gasteiger partial charge on any atom is 0.106 e. The molecule has 0 atom stereocenters. The third-order valence-corrected chi connectivity index (χ3v) is 4.90. The zero-order chi connectivity index (χ0) is 20.0. The van der Waals surface area contributed by atoms with Crippen LogP contribution in [0.1, 0.15) is 28.3 Å². The van der Waals surface area contributed by atoms with E-state index in [0.717, 1.165) is 55.9 Å². The number of hydrogen-bond acceptors (Lipinski definition) is 2. The molecule has 0 saturated heterocycles. The van der Waals surface area contributed by atoms with E-state index in [2.05, 4.69) is 78.6 Å². The van der Waals surface area contributed by atoms with Crippen molar-refractivity contribution in [3.63, 3.8) is 0 Å². The van der Waals surface area contributed by atoms with Gasteiger partial charge in [0.05, 0.1) is 43.9 Å². The van der Waals surface area contributed by atoms with Gasteiger partial charge in [-0.05, 0) is 66.8 Å². The number of H-pyrrole nitrogens is 2. The molecule has 0 aliphatic carbocycles. The van der Waals surface area contributed by atoms with E-state index in [4.69, 9.17) is 4.98 Å². The van der Waals surface area contributed by atoms with Crippen molar-refractivity contribution in [2.24, 2.45) is 0 Å². The number of rotatable bonds is 2. The van der Waals surface area contributed by atoms with Crippen LogP contribution in [0.4, 0.5) is 0 Å². The van der Waals surface area contributed by atoms with Crippen molar-refractivity contribution in [3.8, 4) is 0 Å². The van der Waals surface area contributed by atoms with Gasteiger partial charge in [0, 0.05) is 27.6 Å². The molecule has 0 spiro atoms. The maximum absolute atomic E-state index is 4.75. The lowest BCUT2D eigenvalue weighted by Crippen LogP contribution is -3.00. The number of aromatic amines is 2. The molecule has 5 heterocycles. The van der Waals surface area contributed by atoms with Crippen LogP contribution < -0.4 is 24.0 Å². The smallest absolute Gasteiger partial charge is 0.106 e. The Morgan fingerprint density at radius 2 is 1.23 bits per heavy atom. The fourth-order valence-electron chi connectivity index (χ4n) is 3.72. The first kappa shape index (κ1) is 20.6. The third-order valence-electron chi connectivity index (χ3n) is 4.90. The molecule has 6 heteroatoms. The molecular weight excluding hydrogens is 485 g/mol. The van der Waals surface area contributed by atoms with Crippen molar-refractivity contribution >= 4 is 46.4 Å². The predicted octanol–water partition coefficient (Wildman–Crippen LogP) is 1.87. The van der Waals surface area contributed by atoms with Gasteiger partial charge in [-0.1, -0.05) is 0 Å². The molecule has 0 saturated carbocycles. The van der Waals surface area contributed by atoms with Crippen LogP contribution in [0.15, 0.2) is 42.5 Å². The van der Waals surface area contributed by atoms with Gasteiger partial charge in [-0.2, -0.15) is 0 Å². The van der Waals surface area contributed by atoms with Gasteiger partial charge < -0.3 is 38.4 Å². The largest absolute Gasteiger partial charge is 1.00 e. The SMILES string of the molecule is C[N+](C)(C)Cc1cc2cc3ccc(cc4nc(cc5nc(cc1[nH]2)C=C5)C=C4)[nH]3.[I-]. The second kappa shape index (κ2) is 7.85. The molecule has 2 aliphatic rings. The number of nitrogens with one attached hydrogen (secondary N) is 2. The number of nitrogens with zero attached hydrogens (tertiary/aromatic N) is 3. The Morgan fingerprint density at radius 1 is 0.667 bits per heavy atom. The quantitative estimate of drug-likeness (QED) is 0.282. The summed E-state index contributed by atoms with van der Waals surface area (Å²) in [6.45, 7) is 0.930. The summed E-state index contributed by atoms with van der Waals surface area (Å²) in [5, 5.41) is 0. The molecule has 2 N–H and O–H groups in total. The van der Waals surface area contributed by atoms with E-state index in [1.165, 1.54) is 5.56 Å². The van der Waals surface area contributed by atoms with E-state index >= 15 is 0 Å². The van der Waals surface area contributed by atoms with Gasteiger partial charge in [-0.15, -0.1) is 0 Å². The number of aromatic nitrogens is 4. The summed E-state index contributed by atoms with van der Waals surface area (Å²) in [6.07, 6.45) is 8.14. The summed E-state index contributed by atoms with van der Waals surface area (Å²) in [7, 11) is 6.62. The minimum atomic E-state index is 0. The highest BCUT2D eigenvalue weighted by Gasteiger charge is 2.12. The van der Waals surface area contributed by atoms with Gasteiger partial charge in [0.25, 0.3) is 0 Å². The molecule has 0 aromatic carbocycles. The Bertz CT molecular complexity index is 1320. The lowest BCUT2D eigenvalue weighted by Gasteiger charge is -2.23. The molecule has 5 rings (SSSR count). The van der Waals surface area contributed by atoms with Crippen LogP contribution in [-0.2, 0) is 6.54 Å². The van der Waals surface area contributed by atoms with Crippen LogP contribution in [0.2, 0.25) is 0 Å². The second-order valence-corrected chi connectivity index (χ2v) is 8.65. The zero-order valence-corrected chi connectivity index (χ0v) is 19.4. The summed E-state index contributed by atoms with van der Waals surface area (Å²) in [4.78, 5) is 16.5. The van der Waals surface area contributed by atoms with Crippen LogP contribution >= 0.6 is 0 Å². The third kappa shape index (κ3) is 4.55. The minimum Gasteiger partial charge on any atom is -1.00 e. The molecule has 8 bridgehead atoms. The average molecular weight is 509 g/mol. The summed E-state index contributed by atoms with van der Waals surface area (Å²) in [5.74, 6) is 0. The molecule has 0 amide bonds. The van der Waals surface area contributed by atoms with Crippen molar-refractivity contribution < 1.29 is 28.5 Å². The van der Waals surface area contributed by atoms with Crippen molar-refractivity contribution in [2.75, 3.05) is 21.1 Å². The molecule has 3 aromatic heterocycles. The van der Waals surface area contributed by atoms with Gasteiger partial charge in [-0.25, -0.2) is 9.97 Å². The van der Waals surface area contributed by atoms with Crippen LogP contribution in [-0.4, -0.2) is 45.6 Å². The molecule has 30 heavy (non-hydrogen) atoms. The molecule has 5 nitrogen and oxygen atoms in total. The molecule has 2 aliphatic heterocycles. The lowest BCUT2D eigenvalue weighted by atomic mass is 10.2. The molecule has 3 aromatic rings. The predicted molar refractivity (Wildman–Crippen MR) is 121 cm³/mol. The Balaban J connectivity index is 0.00000218. The summed E-state index contributed by atoms with van der Waals surface area (Å²) < 4.78 is 0.859. The minimum absolute atomic E-state index is 0. The maximum atomic E-state index is 4.75. The van der Waals surface area contributed by atoms with Gasteiger partial charge in [-0.3, -0.25) is 0 Å². The Hall–Kier alpha value is -2.71. The highest BCUT2D eigenvalue weighted by molar-refractivity contribution is 5.78. The van der Waals surface area contributed by atoms with Gasteiger partial charge >= 0.3 is 0 Å². The van der Waals surface area contributed by atoms with Crippen LogP contribution in [0.3, 0.4) is 0 Å². The van der Waals surface area contributed by atoms with Crippen LogP contribution in [0.25, 0.3) is 46.4 Å². The number of fused-ring (bicyclic) bond motifs is 8. The first-order valence-corrected chi connectivity index (χ1v) is 9.77. The van der Waals surface area contributed by atoms with Crippen molar-refractivity contribution in [2.45, 2.75) is 6.54 Å². The summed E-state index contributed by atoms with van der Waals surface area (Å²) >= 11 is 0. The van der Waals surface area contributed by atoms with E-state index in [0.29, 0.717) is 0 Å². The van der Waals surface area contributed by atoms with Crippen molar-refractivity contribution in [3.05, 3.63) is 70.8 Å². The van der Waals surface area contributed by atoms with E-state index in [1.807, 2.05) is 24.3 Å². The first-order chi connectivity index (χ1) is 13.9. The number of quaternary nitrogens is 1. The lowest BCUT2D eigenvalue weighted by molar-refractivity contribution is -0.883. The Morgan fingerprint density at radius 3 is 1.87 bits per heavy atom. The molecule has 0 fully saturated rings. The molecule has 0 unspecified atom stereocenters.